The second-order valence-corrected chi connectivity index (χ2v) is 10.1. The van der Waals surface area contributed by atoms with E-state index >= 15 is 0 Å². The van der Waals surface area contributed by atoms with Gasteiger partial charge in [-0.1, -0.05) is 77.0 Å². The highest BCUT2D eigenvalue weighted by Gasteiger charge is 2.47. The molecule has 4 fully saturated rings. The van der Waals surface area contributed by atoms with Crippen molar-refractivity contribution >= 4 is 0 Å². The quantitative estimate of drug-likeness (QED) is 0.372. The van der Waals surface area contributed by atoms with Gasteiger partial charge in [0.1, 0.15) is 11.2 Å². The van der Waals surface area contributed by atoms with Crippen LogP contribution in [0, 0.1) is 11.8 Å². The average Bonchev–Trinajstić information content (AvgIpc) is 2.75. The molecule has 0 aliphatic heterocycles. The van der Waals surface area contributed by atoms with Crippen molar-refractivity contribution in [2.24, 2.45) is 11.8 Å². The minimum atomic E-state index is 0.0534. The van der Waals surface area contributed by atoms with Gasteiger partial charge < -0.3 is 0 Å². The Morgan fingerprint density at radius 1 is 0.385 bits per heavy atom. The molecule has 0 bridgehead atoms. The van der Waals surface area contributed by atoms with Gasteiger partial charge in [-0.3, -0.25) is 0 Å². The number of hydrogen-bond donors (Lipinski definition) is 0. The first-order valence-corrected chi connectivity index (χ1v) is 12.2. The molecule has 0 aromatic heterocycles. The first-order chi connectivity index (χ1) is 12.8. The van der Waals surface area contributed by atoms with Gasteiger partial charge in [0.05, 0.1) is 0 Å². The lowest BCUT2D eigenvalue weighted by Crippen LogP contribution is -2.50. The van der Waals surface area contributed by atoms with E-state index in [2.05, 4.69) is 0 Å². The Balaban J connectivity index is 1.48. The third-order valence-corrected chi connectivity index (χ3v) is 8.47. The van der Waals surface area contributed by atoms with Crippen molar-refractivity contribution in [3.63, 3.8) is 0 Å². The summed E-state index contributed by atoms with van der Waals surface area (Å²) < 4.78 is 0. The lowest BCUT2D eigenvalue weighted by Gasteiger charge is -2.49. The van der Waals surface area contributed by atoms with Gasteiger partial charge in [0.2, 0.25) is 0 Å². The van der Waals surface area contributed by atoms with Crippen LogP contribution < -0.4 is 0 Å². The summed E-state index contributed by atoms with van der Waals surface area (Å²) >= 11 is 0. The highest BCUT2D eigenvalue weighted by molar-refractivity contribution is 4.94. The third-order valence-electron chi connectivity index (χ3n) is 8.47. The van der Waals surface area contributed by atoms with Crippen molar-refractivity contribution < 1.29 is 9.78 Å². The van der Waals surface area contributed by atoms with Crippen LogP contribution in [0.2, 0.25) is 0 Å². The summed E-state index contributed by atoms with van der Waals surface area (Å²) in [6, 6.07) is 0. The molecule has 0 heterocycles. The zero-order valence-corrected chi connectivity index (χ0v) is 17.1. The molecule has 0 aromatic rings. The summed E-state index contributed by atoms with van der Waals surface area (Å²) in [6.07, 6.45) is 27.1. The van der Waals surface area contributed by atoms with E-state index in [0.717, 1.165) is 11.8 Å². The van der Waals surface area contributed by atoms with Crippen LogP contribution in [0.5, 0.6) is 0 Å². The van der Waals surface area contributed by atoms with Crippen LogP contribution in [0.15, 0.2) is 0 Å². The van der Waals surface area contributed by atoms with Crippen LogP contribution in [0.4, 0.5) is 0 Å². The summed E-state index contributed by atoms with van der Waals surface area (Å²) in [5.74, 6) is 1.51. The van der Waals surface area contributed by atoms with E-state index in [1.807, 2.05) is 0 Å². The zero-order valence-electron chi connectivity index (χ0n) is 17.1. The van der Waals surface area contributed by atoms with Crippen molar-refractivity contribution in [1.82, 2.24) is 0 Å². The van der Waals surface area contributed by atoms with Crippen molar-refractivity contribution in [3.8, 4) is 0 Å². The fourth-order valence-electron chi connectivity index (χ4n) is 6.84. The highest BCUT2D eigenvalue weighted by atomic mass is 17.2. The van der Waals surface area contributed by atoms with Gasteiger partial charge in [-0.05, 0) is 63.2 Å². The molecule has 0 unspecified atom stereocenters. The molecule has 0 atom stereocenters. The monoisotopic (exact) mass is 362 g/mol. The lowest BCUT2D eigenvalue weighted by atomic mass is 9.69. The van der Waals surface area contributed by atoms with Crippen molar-refractivity contribution in [1.29, 1.82) is 0 Å². The van der Waals surface area contributed by atoms with Crippen LogP contribution in [-0.2, 0) is 9.78 Å². The van der Waals surface area contributed by atoms with Gasteiger partial charge in [0, 0.05) is 0 Å². The smallest absolute Gasteiger partial charge is 0.106 e. The first kappa shape index (κ1) is 19.2. The molecule has 4 rings (SSSR count). The molecule has 0 aromatic carbocycles. The molecular weight excluding hydrogens is 320 g/mol. The predicted molar refractivity (Wildman–Crippen MR) is 107 cm³/mol. The van der Waals surface area contributed by atoms with Crippen molar-refractivity contribution in [2.45, 2.75) is 140 Å². The maximum atomic E-state index is 6.71. The van der Waals surface area contributed by atoms with Gasteiger partial charge in [-0.15, -0.1) is 0 Å². The van der Waals surface area contributed by atoms with Crippen LogP contribution in [0.25, 0.3) is 0 Å². The van der Waals surface area contributed by atoms with E-state index in [0.29, 0.717) is 0 Å². The van der Waals surface area contributed by atoms with E-state index in [-0.39, 0.29) is 11.2 Å². The molecule has 2 heteroatoms. The number of hydrogen-bond acceptors (Lipinski definition) is 2. The van der Waals surface area contributed by atoms with E-state index < -0.39 is 0 Å². The fourth-order valence-corrected chi connectivity index (χ4v) is 6.84. The second kappa shape index (κ2) is 8.95. The fraction of sp³-hybridized carbons (Fsp3) is 1.00. The molecule has 0 radical (unpaired) electrons. The SMILES string of the molecule is C1CCC(C2(OOC3(C4CCCCC4)CCCCC3)CCCCC2)CC1. The van der Waals surface area contributed by atoms with Gasteiger partial charge in [-0.2, -0.15) is 0 Å². The average molecular weight is 363 g/mol. The summed E-state index contributed by atoms with van der Waals surface area (Å²) in [7, 11) is 0. The Morgan fingerprint density at radius 3 is 1.04 bits per heavy atom. The van der Waals surface area contributed by atoms with Gasteiger partial charge >= 0.3 is 0 Å². The molecule has 0 spiro atoms. The standard InChI is InChI=1S/C24H42O2/c1-5-13-21(14-6-1)23(17-9-3-10-18-23)25-26-24(19-11-4-12-20-24)22-15-7-2-8-16-22/h21-22H,1-20H2. The summed E-state index contributed by atoms with van der Waals surface area (Å²) in [5.41, 5.74) is 0.107. The maximum Gasteiger partial charge on any atom is 0.106 e. The third kappa shape index (κ3) is 4.17. The first-order valence-electron chi connectivity index (χ1n) is 12.2. The van der Waals surface area contributed by atoms with E-state index in [4.69, 9.17) is 9.78 Å². The Kier molecular flexibility index (Phi) is 6.62. The topological polar surface area (TPSA) is 18.5 Å². The summed E-state index contributed by atoms with van der Waals surface area (Å²) in [6.45, 7) is 0. The van der Waals surface area contributed by atoms with E-state index in [9.17, 15) is 0 Å². The molecule has 26 heavy (non-hydrogen) atoms. The molecule has 4 aliphatic carbocycles. The number of rotatable bonds is 5. The Morgan fingerprint density at radius 2 is 0.692 bits per heavy atom. The summed E-state index contributed by atoms with van der Waals surface area (Å²) in [5, 5.41) is 0. The molecular formula is C24H42O2. The lowest BCUT2D eigenvalue weighted by molar-refractivity contribution is -0.442. The molecule has 4 saturated carbocycles. The Labute approximate surface area is 161 Å². The zero-order chi connectivity index (χ0) is 17.7. The van der Waals surface area contributed by atoms with Crippen LogP contribution in [-0.4, -0.2) is 11.2 Å². The molecule has 0 amide bonds. The molecule has 0 N–H and O–H groups in total. The molecule has 150 valence electrons. The van der Waals surface area contributed by atoms with E-state index in [1.165, 1.54) is 128 Å². The van der Waals surface area contributed by atoms with Crippen molar-refractivity contribution in [2.75, 3.05) is 0 Å². The Bertz CT molecular complexity index is 368. The molecule has 0 saturated heterocycles. The van der Waals surface area contributed by atoms with Crippen LogP contribution in [0.3, 0.4) is 0 Å². The van der Waals surface area contributed by atoms with Gasteiger partial charge in [0.25, 0.3) is 0 Å². The van der Waals surface area contributed by atoms with Gasteiger partial charge in [0.15, 0.2) is 0 Å². The van der Waals surface area contributed by atoms with Crippen molar-refractivity contribution in [3.05, 3.63) is 0 Å². The minimum Gasteiger partial charge on any atom is -0.229 e. The van der Waals surface area contributed by atoms with Gasteiger partial charge in [-0.25, -0.2) is 9.78 Å². The normalized spacial score (nSPS) is 30.9. The van der Waals surface area contributed by atoms with Crippen LogP contribution >= 0.6 is 0 Å². The molecule has 4 aliphatic rings. The highest BCUT2D eigenvalue weighted by Crippen LogP contribution is 2.49. The predicted octanol–water partition coefficient (Wildman–Crippen LogP) is 7.50. The molecule has 2 nitrogen and oxygen atoms in total. The van der Waals surface area contributed by atoms with E-state index in [1.54, 1.807) is 0 Å². The second-order valence-electron chi connectivity index (χ2n) is 10.1. The Hall–Kier alpha value is -0.0800. The van der Waals surface area contributed by atoms with Crippen LogP contribution in [0.1, 0.15) is 128 Å². The maximum absolute atomic E-state index is 6.71. The minimum absolute atomic E-state index is 0.0534. The largest absolute Gasteiger partial charge is 0.229 e. The summed E-state index contributed by atoms with van der Waals surface area (Å²) in [4.78, 5) is 13.4.